The van der Waals surface area contributed by atoms with E-state index < -0.39 is 0 Å². The number of fused-ring (bicyclic) bond motifs is 1. The minimum atomic E-state index is -0.154. The van der Waals surface area contributed by atoms with E-state index in [2.05, 4.69) is 41.8 Å². The molecule has 0 saturated carbocycles. The fraction of sp³-hybridized carbons (Fsp3) is 0.381. The molecule has 2 aromatic carbocycles. The smallest absolute Gasteiger partial charge is 0.221 e. The lowest BCUT2D eigenvalue weighted by Gasteiger charge is -2.23. The zero-order chi connectivity index (χ0) is 17.8. The van der Waals surface area contributed by atoms with Crippen LogP contribution in [-0.4, -0.2) is 24.1 Å². The van der Waals surface area contributed by atoms with Crippen molar-refractivity contribution in [2.45, 2.75) is 39.0 Å². The fourth-order valence-electron chi connectivity index (χ4n) is 3.79. The molecule has 0 bridgehead atoms. The monoisotopic (exact) mass is 338 g/mol. The third-order valence-electron chi connectivity index (χ3n) is 4.84. The molecular formula is C21H26N2O2. The Morgan fingerprint density at radius 1 is 1.32 bits per heavy atom. The van der Waals surface area contributed by atoms with Crippen molar-refractivity contribution in [3.8, 4) is 5.75 Å². The molecule has 1 amide bonds. The second-order valence-corrected chi connectivity index (χ2v) is 6.67. The number of phenols is 1. The molecule has 4 heteroatoms. The number of nitrogens with one attached hydrogen (secondary N) is 2. The summed E-state index contributed by atoms with van der Waals surface area (Å²) in [7, 11) is 0. The zero-order valence-corrected chi connectivity index (χ0v) is 14.9. The van der Waals surface area contributed by atoms with Crippen molar-refractivity contribution in [3.05, 3.63) is 58.7 Å². The lowest BCUT2D eigenvalue weighted by atomic mass is 9.84. The van der Waals surface area contributed by atoms with E-state index in [-0.39, 0.29) is 17.6 Å². The highest BCUT2D eigenvalue weighted by molar-refractivity contribution is 5.92. The van der Waals surface area contributed by atoms with Crippen LogP contribution in [0.1, 0.15) is 48.4 Å². The van der Waals surface area contributed by atoms with Crippen LogP contribution in [0, 0.1) is 0 Å². The van der Waals surface area contributed by atoms with Crippen molar-refractivity contribution >= 4 is 11.6 Å². The van der Waals surface area contributed by atoms with E-state index in [1.807, 2.05) is 12.1 Å². The van der Waals surface area contributed by atoms with E-state index in [4.69, 9.17) is 0 Å². The van der Waals surface area contributed by atoms with Gasteiger partial charge in [0.1, 0.15) is 5.75 Å². The molecule has 1 atom stereocenters. The van der Waals surface area contributed by atoms with Gasteiger partial charge in [-0.2, -0.15) is 0 Å². The molecule has 0 aliphatic carbocycles. The Balaban J connectivity index is 2.17. The predicted octanol–water partition coefficient (Wildman–Crippen LogP) is 3.58. The summed E-state index contributed by atoms with van der Waals surface area (Å²) in [5.74, 6) is 0.214. The Labute approximate surface area is 149 Å². The highest BCUT2D eigenvalue weighted by atomic mass is 16.3. The van der Waals surface area contributed by atoms with E-state index >= 15 is 0 Å². The summed E-state index contributed by atoms with van der Waals surface area (Å²) in [6.07, 6.45) is 2.71. The summed E-state index contributed by atoms with van der Waals surface area (Å²) >= 11 is 0. The molecule has 3 rings (SSSR count). The van der Waals surface area contributed by atoms with Gasteiger partial charge in [0.25, 0.3) is 0 Å². The fourth-order valence-corrected chi connectivity index (χ4v) is 3.79. The van der Waals surface area contributed by atoms with Crippen LogP contribution in [0.3, 0.4) is 0 Å². The van der Waals surface area contributed by atoms with E-state index in [0.717, 1.165) is 37.9 Å². The molecule has 0 aromatic heterocycles. The first-order valence-corrected chi connectivity index (χ1v) is 9.02. The Morgan fingerprint density at radius 3 is 2.76 bits per heavy atom. The quantitative estimate of drug-likeness (QED) is 0.747. The van der Waals surface area contributed by atoms with Crippen LogP contribution in [0.15, 0.2) is 36.4 Å². The molecule has 132 valence electrons. The lowest BCUT2D eigenvalue weighted by Crippen LogP contribution is -2.20. The minimum Gasteiger partial charge on any atom is -0.506 e. The molecule has 25 heavy (non-hydrogen) atoms. The first-order valence-electron chi connectivity index (χ1n) is 9.02. The van der Waals surface area contributed by atoms with Crippen LogP contribution in [0.5, 0.6) is 5.75 Å². The topological polar surface area (TPSA) is 61.4 Å². The molecule has 0 saturated heterocycles. The summed E-state index contributed by atoms with van der Waals surface area (Å²) in [6.45, 7) is 5.35. The van der Waals surface area contributed by atoms with E-state index in [0.29, 0.717) is 5.69 Å². The summed E-state index contributed by atoms with van der Waals surface area (Å²) in [5.41, 5.74) is 5.35. The molecule has 0 spiro atoms. The number of phenolic OH excluding ortho intramolecular Hbond substituents is 1. The van der Waals surface area contributed by atoms with Gasteiger partial charge in [0, 0.05) is 19.4 Å². The number of carbonyl (C=O) groups excluding carboxylic acids is 1. The van der Waals surface area contributed by atoms with Gasteiger partial charge in [-0.3, -0.25) is 4.79 Å². The number of benzene rings is 2. The molecule has 1 heterocycles. The van der Waals surface area contributed by atoms with E-state index in [1.54, 1.807) is 0 Å². The number of aromatic hydroxyl groups is 1. The Kier molecular flexibility index (Phi) is 5.39. The zero-order valence-electron chi connectivity index (χ0n) is 14.9. The van der Waals surface area contributed by atoms with Gasteiger partial charge in [0.15, 0.2) is 0 Å². The molecule has 1 aliphatic heterocycles. The number of hydrogen-bond acceptors (Lipinski definition) is 3. The van der Waals surface area contributed by atoms with Gasteiger partial charge in [-0.1, -0.05) is 43.7 Å². The highest BCUT2D eigenvalue weighted by Gasteiger charge is 2.25. The van der Waals surface area contributed by atoms with Crippen LogP contribution in [0.25, 0.3) is 0 Å². The molecule has 1 aliphatic rings. The van der Waals surface area contributed by atoms with Crippen LogP contribution < -0.4 is 10.6 Å². The van der Waals surface area contributed by atoms with Crippen LogP contribution in [0.4, 0.5) is 5.69 Å². The maximum Gasteiger partial charge on any atom is 0.221 e. The van der Waals surface area contributed by atoms with Gasteiger partial charge in [0.05, 0.1) is 5.69 Å². The summed E-state index contributed by atoms with van der Waals surface area (Å²) in [5, 5.41) is 17.0. The Hall–Kier alpha value is -2.33. The summed E-state index contributed by atoms with van der Waals surface area (Å²) in [6, 6.07) is 12.3. The maximum absolute atomic E-state index is 11.6. The van der Waals surface area contributed by atoms with Crippen molar-refractivity contribution in [3.63, 3.8) is 0 Å². The average Bonchev–Trinajstić information content (AvgIpc) is 2.81. The maximum atomic E-state index is 11.6. The standard InChI is InChI=1S/C21H26N2O2/c1-3-7-17-16-10-11-22-13-19(15-8-5-4-6-9-15)18(16)12-20(25)21(17)23-14(2)24/h4-6,8-9,12,19,22,25H,3,7,10-11,13H2,1-2H3,(H,23,24). The first-order chi connectivity index (χ1) is 12.1. The van der Waals surface area contributed by atoms with Gasteiger partial charge in [0.2, 0.25) is 5.91 Å². The van der Waals surface area contributed by atoms with Gasteiger partial charge >= 0.3 is 0 Å². The summed E-state index contributed by atoms with van der Waals surface area (Å²) < 4.78 is 0. The van der Waals surface area contributed by atoms with Gasteiger partial charge in [-0.15, -0.1) is 0 Å². The third kappa shape index (κ3) is 3.69. The number of hydrogen-bond donors (Lipinski definition) is 3. The number of carbonyl (C=O) groups is 1. The lowest BCUT2D eigenvalue weighted by molar-refractivity contribution is -0.114. The van der Waals surface area contributed by atoms with Crippen molar-refractivity contribution in [2.75, 3.05) is 18.4 Å². The van der Waals surface area contributed by atoms with Gasteiger partial charge in [-0.25, -0.2) is 0 Å². The van der Waals surface area contributed by atoms with E-state index in [9.17, 15) is 9.90 Å². The van der Waals surface area contributed by atoms with Crippen molar-refractivity contribution < 1.29 is 9.90 Å². The van der Waals surface area contributed by atoms with Crippen LogP contribution >= 0.6 is 0 Å². The molecule has 2 aromatic rings. The average molecular weight is 338 g/mol. The number of anilines is 1. The molecule has 4 nitrogen and oxygen atoms in total. The Morgan fingerprint density at radius 2 is 2.08 bits per heavy atom. The Bertz CT molecular complexity index is 756. The second-order valence-electron chi connectivity index (χ2n) is 6.67. The van der Waals surface area contributed by atoms with Gasteiger partial charge < -0.3 is 15.7 Å². The summed E-state index contributed by atoms with van der Waals surface area (Å²) in [4.78, 5) is 11.6. The van der Waals surface area contributed by atoms with Gasteiger partial charge in [-0.05, 0) is 47.7 Å². The van der Waals surface area contributed by atoms with Crippen LogP contribution in [0.2, 0.25) is 0 Å². The number of rotatable bonds is 4. The number of amides is 1. The molecule has 0 radical (unpaired) electrons. The third-order valence-corrected chi connectivity index (χ3v) is 4.84. The minimum absolute atomic E-state index is 0.154. The molecule has 3 N–H and O–H groups in total. The van der Waals surface area contributed by atoms with Crippen LogP contribution in [-0.2, 0) is 17.6 Å². The SMILES string of the molecule is CCCc1c2c(cc(O)c1NC(C)=O)C(c1ccccc1)CNCC2. The highest BCUT2D eigenvalue weighted by Crippen LogP contribution is 2.40. The van der Waals surface area contributed by atoms with Crippen molar-refractivity contribution in [1.82, 2.24) is 5.32 Å². The largest absolute Gasteiger partial charge is 0.506 e. The van der Waals surface area contributed by atoms with E-state index in [1.165, 1.54) is 23.6 Å². The molecule has 1 unspecified atom stereocenters. The molecular weight excluding hydrogens is 312 g/mol. The molecule has 0 fully saturated rings. The predicted molar refractivity (Wildman–Crippen MR) is 101 cm³/mol. The van der Waals surface area contributed by atoms with Crippen molar-refractivity contribution in [1.29, 1.82) is 0 Å². The normalized spacial score (nSPS) is 16.8. The second kappa shape index (κ2) is 7.70. The van der Waals surface area contributed by atoms with Crippen molar-refractivity contribution in [2.24, 2.45) is 0 Å². The first kappa shape index (κ1) is 17.5.